The van der Waals surface area contributed by atoms with Crippen molar-refractivity contribution >= 4 is 23.2 Å². The van der Waals surface area contributed by atoms with Gasteiger partial charge in [-0.05, 0) is 50.2 Å². The molecule has 1 unspecified atom stereocenters. The van der Waals surface area contributed by atoms with E-state index in [4.69, 9.17) is 4.74 Å². The summed E-state index contributed by atoms with van der Waals surface area (Å²) in [5.74, 6) is -0.0343. The van der Waals surface area contributed by atoms with Crippen molar-refractivity contribution in [3.8, 4) is 0 Å². The van der Waals surface area contributed by atoms with E-state index in [2.05, 4.69) is 20.9 Å². The molecule has 2 heterocycles. The van der Waals surface area contributed by atoms with Crippen molar-refractivity contribution in [2.45, 2.75) is 38.1 Å². The summed E-state index contributed by atoms with van der Waals surface area (Å²) in [6.07, 6.45) is 5.24. The van der Waals surface area contributed by atoms with Crippen molar-refractivity contribution in [1.29, 1.82) is 0 Å². The van der Waals surface area contributed by atoms with E-state index < -0.39 is 0 Å². The number of morpholine rings is 1. The highest BCUT2D eigenvalue weighted by Crippen LogP contribution is 2.15. The number of amides is 2. The average molecular weight is 374 g/mol. The Balaban J connectivity index is 1.42. The number of rotatable bonds is 6. The van der Waals surface area contributed by atoms with Crippen LogP contribution >= 0.6 is 0 Å². The molecule has 7 nitrogen and oxygen atoms in total. The zero-order valence-corrected chi connectivity index (χ0v) is 15.8. The second-order valence-corrected chi connectivity index (χ2v) is 7.29. The minimum absolute atomic E-state index is 0.0112. The van der Waals surface area contributed by atoms with Crippen molar-refractivity contribution < 1.29 is 14.3 Å². The van der Waals surface area contributed by atoms with Gasteiger partial charge in [0.25, 0.3) is 0 Å². The topological polar surface area (TPSA) is 82.7 Å². The van der Waals surface area contributed by atoms with Crippen molar-refractivity contribution in [2.75, 3.05) is 50.0 Å². The molecule has 0 aromatic heterocycles. The maximum Gasteiger partial charge on any atom is 0.238 e. The van der Waals surface area contributed by atoms with Crippen LogP contribution in [0.1, 0.15) is 32.1 Å². The van der Waals surface area contributed by atoms with Gasteiger partial charge in [-0.3, -0.25) is 14.5 Å². The molecule has 0 radical (unpaired) electrons. The smallest absolute Gasteiger partial charge is 0.238 e. The number of likely N-dealkylation sites (tertiary alicyclic amines) is 1. The lowest BCUT2D eigenvalue weighted by Gasteiger charge is -2.23. The minimum Gasteiger partial charge on any atom is -0.378 e. The molecule has 27 heavy (non-hydrogen) atoms. The van der Waals surface area contributed by atoms with E-state index in [1.165, 1.54) is 25.7 Å². The standard InChI is InChI=1S/C20H30N4O3/c25-19(13-18-15-27-12-9-21-18)22-16-5-7-17(8-6-16)23-20(26)14-24-10-3-1-2-4-11-24/h5-8,18,21H,1-4,9-15H2,(H,22,25)(H,23,26). The Morgan fingerprint density at radius 1 is 1.00 bits per heavy atom. The van der Waals surface area contributed by atoms with Crippen LogP contribution in [0.2, 0.25) is 0 Å². The van der Waals surface area contributed by atoms with Crippen LogP contribution in [0.25, 0.3) is 0 Å². The normalized spacial score (nSPS) is 21.3. The molecule has 3 rings (SSSR count). The fourth-order valence-electron chi connectivity index (χ4n) is 3.52. The Hall–Kier alpha value is -1.96. The summed E-state index contributed by atoms with van der Waals surface area (Å²) in [5.41, 5.74) is 1.47. The first-order valence-electron chi connectivity index (χ1n) is 9.92. The zero-order chi connectivity index (χ0) is 18.9. The Bertz CT molecular complexity index is 606. The van der Waals surface area contributed by atoms with Gasteiger partial charge in [-0.1, -0.05) is 12.8 Å². The molecule has 2 saturated heterocycles. The third-order valence-electron chi connectivity index (χ3n) is 4.95. The number of hydrogen-bond acceptors (Lipinski definition) is 5. The lowest BCUT2D eigenvalue weighted by molar-refractivity contribution is -0.118. The van der Waals surface area contributed by atoms with E-state index in [0.717, 1.165) is 31.0 Å². The second-order valence-electron chi connectivity index (χ2n) is 7.29. The molecule has 148 valence electrons. The lowest BCUT2D eigenvalue weighted by Crippen LogP contribution is -2.43. The van der Waals surface area contributed by atoms with Gasteiger partial charge >= 0.3 is 0 Å². The van der Waals surface area contributed by atoms with Gasteiger partial charge < -0.3 is 20.7 Å². The first kappa shape index (κ1) is 19.8. The van der Waals surface area contributed by atoms with E-state index in [9.17, 15) is 9.59 Å². The number of nitrogens with zero attached hydrogens (tertiary/aromatic N) is 1. The summed E-state index contributed by atoms with van der Waals surface area (Å²) in [6, 6.07) is 7.32. The summed E-state index contributed by atoms with van der Waals surface area (Å²) in [6.45, 7) is 4.48. The number of nitrogens with one attached hydrogen (secondary N) is 3. The maximum atomic E-state index is 12.2. The molecule has 0 saturated carbocycles. The summed E-state index contributed by atoms with van der Waals surface area (Å²) in [4.78, 5) is 26.6. The highest BCUT2D eigenvalue weighted by molar-refractivity contribution is 5.93. The molecular formula is C20H30N4O3. The SMILES string of the molecule is O=C(CC1COCCN1)Nc1ccc(NC(=O)CN2CCCCCC2)cc1. The number of carbonyl (C=O) groups excluding carboxylic acids is 2. The second kappa shape index (κ2) is 10.4. The monoisotopic (exact) mass is 374 g/mol. The molecule has 2 fully saturated rings. The van der Waals surface area contributed by atoms with Gasteiger partial charge in [-0.25, -0.2) is 0 Å². The molecule has 7 heteroatoms. The molecular weight excluding hydrogens is 344 g/mol. The predicted octanol–water partition coefficient (Wildman–Crippen LogP) is 1.82. The van der Waals surface area contributed by atoms with E-state index in [1.807, 2.05) is 24.3 Å². The van der Waals surface area contributed by atoms with Gasteiger partial charge in [0.15, 0.2) is 0 Å². The van der Waals surface area contributed by atoms with E-state index in [-0.39, 0.29) is 17.9 Å². The Labute approximate surface area is 160 Å². The Kier molecular flexibility index (Phi) is 7.62. The van der Waals surface area contributed by atoms with Gasteiger partial charge in [0.05, 0.1) is 19.8 Å². The Morgan fingerprint density at radius 3 is 2.22 bits per heavy atom. The van der Waals surface area contributed by atoms with Crippen LogP contribution in [0.4, 0.5) is 11.4 Å². The van der Waals surface area contributed by atoms with Crippen LogP contribution in [0, 0.1) is 0 Å². The highest BCUT2D eigenvalue weighted by Gasteiger charge is 2.17. The van der Waals surface area contributed by atoms with Crippen LogP contribution in [0.15, 0.2) is 24.3 Å². The summed E-state index contributed by atoms with van der Waals surface area (Å²) in [7, 11) is 0. The van der Waals surface area contributed by atoms with Crippen LogP contribution in [-0.2, 0) is 14.3 Å². The number of carbonyl (C=O) groups is 2. The molecule has 1 atom stereocenters. The van der Waals surface area contributed by atoms with E-state index in [1.54, 1.807) is 0 Å². The first-order valence-corrected chi connectivity index (χ1v) is 9.92. The van der Waals surface area contributed by atoms with Crippen LogP contribution in [0.3, 0.4) is 0 Å². The molecule has 3 N–H and O–H groups in total. The van der Waals surface area contributed by atoms with Crippen molar-refractivity contribution in [1.82, 2.24) is 10.2 Å². The van der Waals surface area contributed by atoms with Gasteiger partial charge in [0.2, 0.25) is 11.8 Å². The van der Waals surface area contributed by atoms with Gasteiger partial charge in [0.1, 0.15) is 0 Å². The predicted molar refractivity (Wildman–Crippen MR) is 106 cm³/mol. The molecule has 0 aliphatic carbocycles. The Morgan fingerprint density at radius 2 is 1.63 bits per heavy atom. The average Bonchev–Trinajstić information content (AvgIpc) is 2.93. The number of benzene rings is 1. The first-order chi connectivity index (χ1) is 13.2. The molecule has 2 aliphatic rings. The number of anilines is 2. The highest BCUT2D eigenvalue weighted by atomic mass is 16.5. The van der Waals surface area contributed by atoms with E-state index in [0.29, 0.717) is 26.2 Å². The van der Waals surface area contributed by atoms with Crippen LogP contribution in [-0.4, -0.2) is 62.1 Å². The molecule has 0 spiro atoms. The maximum absolute atomic E-state index is 12.2. The largest absolute Gasteiger partial charge is 0.378 e. The molecule has 2 amide bonds. The van der Waals surface area contributed by atoms with Crippen molar-refractivity contribution in [2.24, 2.45) is 0 Å². The number of hydrogen-bond donors (Lipinski definition) is 3. The minimum atomic E-state index is -0.0454. The van der Waals surface area contributed by atoms with Gasteiger partial charge in [-0.15, -0.1) is 0 Å². The molecule has 1 aromatic carbocycles. The van der Waals surface area contributed by atoms with E-state index >= 15 is 0 Å². The molecule has 0 bridgehead atoms. The summed E-state index contributed by atoms with van der Waals surface area (Å²) < 4.78 is 5.36. The number of ether oxygens (including phenoxy) is 1. The van der Waals surface area contributed by atoms with Crippen LogP contribution < -0.4 is 16.0 Å². The third-order valence-corrected chi connectivity index (χ3v) is 4.95. The fraction of sp³-hybridized carbons (Fsp3) is 0.600. The molecule has 2 aliphatic heterocycles. The van der Waals surface area contributed by atoms with Crippen molar-refractivity contribution in [3.05, 3.63) is 24.3 Å². The molecule has 1 aromatic rings. The summed E-state index contributed by atoms with van der Waals surface area (Å²) >= 11 is 0. The quantitative estimate of drug-likeness (QED) is 0.708. The fourth-order valence-corrected chi connectivity index (χ4v) is 3.52. The zero-order valence-electron chi connectivity index (χ0n) is 15.8. The summed E-state index contributed by atoms with van der Waals surface area (Å²) in [5, 5.41) is 9.09. The van der Waals surface area contributed by atoms with Crippen LogP contribution in [0.5, 0.6) is 0 Å². The lowest BCUT2D eigenvalue weighted by atomic mass is 10.2. The third kappa shape index (κ3) is 6.93. The van der Waals surface area contributed by atoms with Gasteiger partial charge in [-0.2, -0.15) is 0 Å². The van der Waals surface area contributed by atoms with Crippen molar-refractivity contribution in [3.63, 3.8) is 0 Å². The van der Waals surface area contributed by atoms with Gasteiger partial charge in [0, 0.05) is 30.4 Å².